The highest BCUT2D eigenvalue weighted by Gasteiger charge is 2.20. The van der Waals surface area contributed by atoms with Gasteiger partial charge in [0.15, 0.2) is 10.9 Å². The number of anilines is 1. The molecule has 3 aromatic rings. The number of amides is 1. The molecule has 0 aliphatic carbocycles. The maximum absolute atomic E-state index is 14.1. The van der Waals surface area contributed by atoms with Crippen LogP contribution in [0.5, 0.6) is 0 Å². The number of nitro groups is 1. The molecule has 0 fully saturated rings. The van der Waals surface area contributed by atoms with E-state index in [1.165, 1.54) is 41.3 Å². The molecule has 7 nitrogen and oxygen atoms in total. The predicted molar refractivity (Wildman–Crippen MR) is 117 cm³/mol. The normalized spacial score (nSPS) is 11.5. The molecule has 0 atom stereocenters. The third kappa shape index (κ3) is 5.68. The van der Waals surface area contributed by atoms with Gasteiger partial charge < -0.3 is 4.90 Å². The van der Waals surface area contributed by atoms with Crippen molar-refractivity contribution in [1.29, 1.82) is 0 Å². The lowest BCUT2D eigenvalue weighted by atomic mass is 10.2. The number of carbonyl (C=O) groups is 1. The fourth-order valence-corrected chi connectivity index (χ4v) is 3.91. The molecule has 0 aliphatic rings. The number of fused-ring (bicyclic) bond motifs is 1. The van der Waals surface area contributed by atoms with Crippen LogP contribution in [0.1, 0.15) is 12.0 Å². The Labute approximate surface area is 181 Å². The summed E-state index contributed by atoms with van der Waals surface area (Å²) in [4.78, 5) is 30.8. The summed E-state index contributed by atoms with van der Waals surface area (Å²) in [7, 11) is 3.83. The molecule has 0 spiro atoms. The van der Waals surface area contributed by atoms with E-state index in [1.54, 1.807) is 6.08 Å². The molecule has 0 radical (unpaired) electrons. The molecule has 0 saturated heterocycles. The molecule has 0 bridgehead atoms. The summed E-state index contributed by atoms with van der Waals surface area (Å²) in [5, 5.41) is 11.0. The Hall–Kier alpha value is -3.24. The van der Waals surface area contributed by atoms with Crippen molar-refractivity contribution in [3.05, 3.63) is 69.8 Å². The Morgan fingerprint density at radius 2 is 1.90 bits per heavy atom. The van der Waals surface area contributed by atoms with Crippen molar-refractivity contribution in [2.45, 2.75) is 6.42 Å². The van der Waals surface area contributed by atoms with Gasteiger partial charge in [0.05, 0.1) is 9.62 Å². The van der Waals surface area contributed by atoms with E-state index in [9.17, 15) is 23.7 Å². The number of benzene rings is 2. The van der Waals surface area contributed by atoms with Crippen LogP contribution in [0.2, 0.25) is 0 Å². The van der Waals surface area contributed by atoms with Crippen molar-refractivity contribution >= 4 is 44.4 Å². The van der Waals surface area contributed by atoms with E-state index < -0.39 is 16.6 Å². The van der Waals surface area contributed by atoms with Crippen molar-refractivity contribution < 1.29 is 18.5 Å². The van der Waals surface area contributed by atoms with Gasteiger partial charge in [0.25, 0.3) is 11.6 Å². The Kier molecular flexibility index (Phi) is 7.03. The van der Waals surface area contributed by atoms with Crippen LogP contribution in [-0.2, 0) is 4.79 Å². The van der Waals surface area contributed by atoms with Crippen molar-refractivity contribution in [2.75, 3.05) is 32.1 Å². The molecule has 0 unspecified atom stereocenters. The van der Waals surface area contributed by atoms with E-state index in [1.807, 2.05) is 19.0 Å². The van der Waals surface area contributed by atoms with Gasteiger partial charge in [-0.1, -0.05) is 11.3 Å². The lowest BCUT2D eigenvalue weighted by Crippen LogP contribution is -2.32. The number of rotatable bonds is 8. The third-order valence-electron chi connectivity index (χ3n) is 4.41. The van der Waals surface area contributed by atoms with Crippen LogP contribution in [0.3, 0.4) is 0 Å². The van der Waals surface area contributed by atoms with Gasteiger partial charge >= 0.3 is 0 Å². The van der Waals surface area contributed by atoms with E-state index in [2.05, 4.69) is 4.98 Å². The maximum atomic E-state index is 14.1. The zero-order valence-corrected chi connectivity index (χ0v) is 17.7. The summed E-state index contributed by atoms with van der Waals surface area (Å²) in [5.74, 6) is -1.86. The smallest absolute Gasteiger partial charge is 0.269 e. The second kappa shape index (κ2) is 9.71. The van der Waals surface area contributed by atoms with E-state index >= 15 is 0 Å². The number of nitro benzene ring substituents is 1. The molecule has 3 rings (SSSR count). The average molecular weight is 446 g/mol. The highest BCUT2D eigenvalue weighted by atomic mass is 32.1. The second-order valence-electron chi connectivity index (χ2n) is 7.06. The first-order valence-corrected chi connectivity index (χ1v) is 10.2. The Balaban J connectivity index is 1.86. The van der Waals surface area contributed by atoms with Crippen LogP contribution < -0.4 is 4.90 Å². The van der Waals surface area contributed by atoms with Gasteiger partial charge in [-0.15, -0.1) is 0 Å². The van der Waals surface area contributed by atoms with Gasteiger partial charge in [0.2, 0.25) is 0 Å². The van der Waals surface area contributed by atoms with Crippen molar-refractivity contribution in [2.24, 2.45) is 0 Å². The number of carbonyl (C=O) groups excluding carboxylic acids is 1. The summed E-state index contributed by atoms with van der Waals surface area (Å²) < 4.78 is 27.9. The van der Waals surface area contributed by atoms with Gasteiger partial charge in [-0.2, -0.15) is 0 Å². The van der Waals surface area contributed by atoms with Crippen LogP contribution in [0, 0.1) is 21.7 Å². The molecular weight excluding hydrogens is 426 g/mol. The number of nitrogens with zero attached hydrogens (tertiary/aromatic N) is 4. The number of hydrogen-bond acceptors (Lipinski definition) is 6. The summed E-state index contributed by atoms with van der Waals surface area (Å²) in [6.45, 7) is 1.06. The fourth-order valence-electron chi connectivity index (χ4n) is 2.87. The summed E-state index contributed by atoms with van der Waals surface area (Å²) in [6.07, 6.45) is 3.52. The predicted octanol–water partition coefficient (Wildman–Crippen LogP) is 4.48. The van der Waals surface area contributed by atoms with Crippen LogP contribution >= 0.6 is 11.3 Å². The zero-order chi connectivity index (χ0) is 22.5. The molecule has 1 heterocycles. The SMILES string of the molecule is CN(C)CCCN(C(=O)C=Cc1ccc([N+](=O)[O-])cc1)c1nc2c(F)cc(F)cc2s1. The number of hydrogen-bond donors (Lipinski definition) is 0. The van der Waals surface area contributed by atoms with Crippen LogP contribution in [-0.4, -0.2) is 47.9 Å². The first kappa shape index (κ1) is 22.4. The Bertz CT molecular complexity index is 1130. The van der Waals surface area contributed by atoms with E-state index in [0.29, 0.717) is 23.2 Å². The molecule has 0 N–H and O–H groups in total. The van der Waals surface area contributed by atoms with E-state index in [0.717, 1.165) is 23.9 Å². The van der Waals surface area contributed by atoms with Crippen LogP contribution in [0.15, 0.2) is 42.5 Å². The first-order chi connectivity index (χ1) is 14.7. The highest BCUT2D eigenvalue weighted by molar-refractivity contribution is 7.22. The minimum absolute atomic E-state index is 0.0196. The standard InChI is InChI=1S/C21H20F2N4O3S/c1-25(2)10-3-11-26(21-24-20-17(23)12-15(22)13-18(20)31-21)19(28)9-6-14-4-7-16(8-5-14)27(29)30/h4-9,12-13H,3,10-11H2,1-2H3. The summed E-state index contributed by atoms with van der Waals surface area (Å²) >= 11 is 1.04. The van der Waals surface area contributed by atoms with E-state index in [-0.39, 0.29) is 22.2 Å². The molecule has 0 aliphatic heterocycles. The zero-order valence-electron chi connectivity index (χ0n) is 16.9. The Morgan fingerprint density at radius 3 is 2.55 bits per heavy atom. The Morgan fingerprint density at radius 1 is 1.19 bits per heavy atom. The van der Waals surface area contributed by atoms with Crippen molar-refractivity contribution in [1.82, 2.24) is 9.88 Å². The summed E-state index contributed by atoms with van der Waals surface area (Å²) in [6, 6.07) is 7.73. The second-order valence-corrected chi connectivity index (χ2v) is 8.07. The van der Waals surface area contributed by atoms with Gasteiger partial charge in [-0.3, -0.25) is 19.8 Å². The van der Waals surface area contributed by atoms with Gasteiger partial charge in [-0.25, -0.2) is 13.8 Å². The van der Waals surface area contributed by atoms with Gasteiger partial charge in [0, 0.05) is 30.8 Å². The van der Waals surface area contributed by atoms with Crippen molar-refractivity contribution in [3.8, 4) is 0 Å². The molecule has 2 aromatic carbocycles. The quantitative estimate of drug-likeness (QED) is 0.290. The molecule has 10 heteroatoms. The van der Waals surface area contributed by atoms with Gasteiger partial charge in [-0.05, 0) is 56.9 Å². The fraction of sp³-hybridized carbons (Fsp3) is 0.238. The molecule has 31 heavy (non-hydrogen) atoms. The highest BCUT2D eigenvalue weighted by Crippen LogP contribution is 2.31. The third-order valence-corrected chi connectivity index (χ3v) is 5.43. The van der Waals surface area contributed by atoms with Crippen molar-refractivity contribution in [3.63, 3.8) is 0 Å². The summed E-state index contributed by atoms with van der Waals surface area (Å²) in [5.41, 5.74) is 0.591. The number of thiazole rings is 1. The topological polar surface area (TPSA) is 79.6 Å². The first-order valence-electron chi connectivity index (χ1n) is 9.39. The molecule has 1 aromatic heterocycles. The molecular formula is C21H20F2N4O3S. The number of halogens is 2. The minimum atomic E-state index is -0.778. The molecule has 0 saturated carbocycles. The van der Waals surface area contributed by atoms with E-state index in [4.69, 9.17) is 0 Å². The van der Waals surface area contributed by atoms with Crippen LogP contribution in [0.25, 0.3) is 16.3 Å². The minimum Gasteiger partial charge on any atom is -0.309 e. The number of non-ortho nitro benzene ring substituents is 1. The average Bonchev–Trinajstić information content (AvgIpc) is 3.13. The van der Waals surface area contributed by atoms with Gasteiger partial charge in [0.1, 0.15) is 11.3 Å². The monoisotopic (exact) mass is 446 g/mol. The largest absolute Gasteiger partial charge is 0.309 e. The maximum Gasteiger partial charge on any atom is 0.269 e. The lowest BCUT2D eigenvalue weighted by molar-refractivity contribution is -0.384. The number of aromatic nitrogens is 1. The van der Waals surface area contributed by atoms with Crippen LogP contribution in [0.4, 0.5) is 19.6 Å². The molecule has 1 amide bonds. The lowest BCUT2D eigenvalue weighted by Gasteiger charge is -2.19. The molecule has 162 valence electrons.